The molecule has 0 saturated heterocycles. The van der Waals surface area contributed by atoms with E-state index >= 15 is 0 Å². The summed E-state index contributed by atoms with van der Waals surface area (Å²) in [7, 11) is 0. The normalized spacial score (nSPS) is 26.3. The number of hydrogen-bond donors (Lipinski definition) is 0. The summed E-state index contributed by atoms with van der Waals surface area (Å²) < 4.78 is 0. The van der Waals surface area contributed by atoms with Crippen molar-refractivity contribution in [3.63, 3.8) is 0 Å². The Morgan fingerprint density at radius 2 is 0.857 bits per heavy atom. The highest BCUT2D eigenvalue weighted by Gasteiger charge is 1.82. The summed E-state index contributed by atoms with van der Waals surface area (Å²) in [5, 5.41) is 0. The minimum absolute atomic E-state index is 1.19. The number of allylic oxidation sites excluding steroid dienone is 8. The van der Waals surface area contributed by atoms with Crippen molar-refractivity contribution in [1.82, 2.24) is 0 Å². The second kappa shape index (κ2) is 8.55. The maximum absolute atomic E-state index is 2.32. The van der Waals surface area contributed by atoms with Crippen LogP contribution >= 0.6 is 0 Å². The monoisotopic (exact) mass is 188 g/mol. The van der Waals surface area contributed by atoms with Crippen molar-refractivity contribution in [3.8, 4) is 0 Å². The zero-order valence-corrected chi connectivity index (χ0v) is 8.86. The molecule has 0 nitrogen and oxygen atoms in total. The average Bonchev–Trinajstić information content (AvgIpc) is 2.22. The summed E-state index contributed by atoms with van der Waals surface area (Å²) in [6.07, 6.45) is 25.0. The van der Waals surface area contributed by atoms with Crippen molar-refractivity contribution < 1.29 is 0 Å². The van der Waals surface area contributed by atoms with E-state index in [0.717, 1.165) is 0 Å². The van der Waals surface area contributed by atoms with Crippen LogP contribution in [0.4, 0.5) is 0 Å². The third-order valence-corrected chi connectivity index (χ3v) is 2.26. The zero-order valence-electron chi connectivity index (χ0n) is 8.86. The van der Waals surface area contributed by atoms with Gasteiger partial charge in [-0.05, 0) is 38.5 Å². The third kappa shape index (κ3) is 6.47. The van der Waals surface area contributed by atoms with Crippen molar-refractivity contribution in [1.29, 1.82) is 0 Å². The van der Waals surface area contributed by atoms with Crippen molar-refractivity contribution in [3.05, 3.63) is 48.6 Å². The first kappa shape index (κ1) is 11.0. The minimum atomic E-state index is 1.19. The first-order valence-corrected chi connectivity index (χ1v) is 5.63. The largest absolute Gasteiger partial charge is 0.0885 e. The topological polar surface area (TPSA) is 0 Å². The van der Waals surface area contributed by atoms with Gasteiger partial charge in [0.2, 0.25) is 0 Å². The standard InChI is InChI=1S/C14H20/c1-2-4-6-8-10-12-14-13-11-9-7-5-3-1/h1-6,13-14H,7-12H2/b2-1+,5-3-,6-4+,14-13?. The van der Waals surface area contributed by atoms with E-state index in [9.17, 15) is 0 Å². The van der Waals surface area contributed by atoms with Gasteiger partial charge in [-0.25, -0.2) is 0 Å². The molecule has 0 amide bonds. The van der Waals surface area contributed by atoms with E-state index in [2.05, 4.69) is 48.6 Å². The molecule has 0 heterocycles. The lowest BCUT2D eigenvalue weighted by atomic mass is 10.1. The Bertz CT molecular complexity index is 204. The van der Waals surface area contributed by atoms with Crippen molar-refractivity contribution in [2.75, 3.05) is 0 Å². The minimum Gasteiger partial charge on any atom is -0.0885 e. The molecule has 0 fully saturated rings. The highest BCUT2D eigenvalue weighted by Crippen LogP contribution is 2.03. The smallest absolute Gasteiger partial charge is 0.0345 e. The first-order valence-electron chi connectivity index (χ1n) is 5.63. The van der Waals surface area contributed by atoms with Crippen LogP contribution in [0.2, 0.25) is 0 Å². The maximum atomic E-state index is 2.32. The molecular formula is C14H20. The van der Waals surface area contributed by atoms with E-state index in [4.69, 9.17) is 0 Å². The molecule has 1 aliphatic carbocycles. The zero-order chi connectivity index (χ0) is 9.90. The van der Waals surface area contributed by atoms with E-state index in [1.807, 2.05) is 0 Å². The van der Waals surface area contributed by atoms with E-state index in [-0.39, 0.29) is 0 Å². The fourth-order valence-corrected chi connectivity index (χ4v) is 1.42. The molecule has 0 N–H and O–H groups in total. The quantitative estimate of drug-likeness (QED) is 0.489. The SMILES string of the molecule is C1=CCCC/C=C/C=C/C=C\CCC1. The Kier molecular flexibility index (Phi) is 6.74. The van der Waals surface area contributed by atoms with Crippen LogP contribution in [0.15, 0.2) is 48.6 Å². The van der Waals surface area contributed by atoms with Gasteiger partial charge in [0.1, 0.15) is 0 Å². The lowest BCUT2D eigenvalue weighted by molar-refractivity contribution is 0.840. The molecule has 0 radical (unpaired) electrons. The van der Waals surface area contributed by atoms with Gasteiger partial charge in [0.05, 0.1) is 0 Å². The van der Waals surface area contributed by atoms with E-state index in [1.165, 1.54) is 38.5 Å². The fraction of sp³-hybridized carbons (Fsp3) is 0.429. The summed E-state index contributed by atoms with van der Waals surface area (Å²) in [5.41, 5.74) is 0. The van der Waals surface area contributed by atoms with Gasteiger partial charge in [0.15, 0.2) is 0 Å². The molecule has 0 atom stereocenters. The number of rotatable bonds is 0. The predicted molar refractivity (Wildman–Crippen MR) is 64.3 cm³/mol. The van der Waals surface area contributed by atoms with Crippen LogP contribution in [0.1, 0.15) is 38.5 Å². The molecule has 0 aromatic carbocycles. The molecule has 0 aromatic heterocycles. The summed E-state index contributed by atoms with van der Waals surface area (Å²) in [4.78, 5) is 0. The summed E-state index contributed by atoms with van der Waals surface area (Å²) in [6, 6.07) is 0. The molecule has 76 valence electrons. The molecule has 14 heavy (non-hydrogen) atoms. The van der Waals surface area contributed by atoms with Gasteiger partial charge in [-0.15, -0.1) is 0 Å². The van der Waals surface area contributed by atoms with Gasteiger partial charge >= 0.3 is 0 Å². The molecule has 1 rings (SSSR count). The number of hydrogen-bond acceptors (Lipinski definition) is 0. The van der Waals surface area contributed by atoms with Crippen molar-refractivity contribution in [2.45, 2.75) is 38.5 Å². The third-order valence-electron chi connectivity index (χ3n) is 2.26. The van der Waals surface area contributed by atoms with Gasteiger partial charge in [-0.3, -0.25) is 0 Å². The molecule has 0 spiro atoms. The Balaban J connectivity index is 2.35. The lowest BCUT2D eigenvalue weighted by Gasteiger charge is -1.92. The molecule has 0 aliphatic heterocycles. The van der Waals surface area contributed by atoms with Gasteiger partial charge in [0, 0.05) is 0 Å². The van der Waals surface area contributed by atoms with Crippen LogP contribution in [0.3, 0.4) is 0 Å². The molecule has 1 aliphatic rings. The average molecular weight is 188 g/mol. The van der Waals surface area contributed by atoms with Crippen LogP contribution in [0.5, 0.6) is 0 Å². The second-order valence-corrected chi connectivity index (χ2v) is 3.57. The van der Waals surface area contributed by atoms with Gasteiger partial charge in [-0.2, -0.15) is 0 Å². The van der Waals surface area contributed by atoms with Crippen molar-refractivity contribution >= 4 is 0 Å². The van der Waals surface area contributed by atoms with E-state index < -0.39 is 0 Å². The Hall–Kier alpha value is -1.04. The van der Waals surface area contributed by atoms with Crippen molar-refractivity contribution in [2.24, 2.45) is 0 Å². The lowest BCUT2D eigenvalue weighted by Crippen LogP contribution is -1.72. The molecule has 0 unspecified atom stereocenters. The molecule has 0 bridgehead atoms. The summed E-state index contributed by atoms with van der Waals surface area (Å²) >= 11 is 0. The van der Waals surface area contributed by atoms with E-state index in [1.54, 1.807) is 0 Å². The molecule has 0 heteroatoms. The van der Waals surface area contributed by atoms with Crippen LogP contribution in [-0.2, 0) is 0 Å². The van der Waals surface area contributed by atoms with Gasteiger partial charge in [-0.1, -0.05) is 48.6 Å². The van der Waals surface area contributed by atoms with Crippen LogP contribution < -0.4 is 0 Å². The van der Waals surface area contributed by atoms with Crippen LogP contribution in [0.25, 0.3) is 0 Å². The Labute approximate surface area is 87.7 Å². The predicted octanol–water partition coefficient (Wildman–Crippen LogP) is 4.57. The maximum Gasteiger partial charge on any atom is -0.0345 e. The van der Waals surface area contributed by atoms with Gasteiger partial charge < -0.3 is 0 Å². The Morgan fingerprint density at radius 1 is 0.429 bits per heavy atom. The molecular weight excluding hydrogens is 168 g/mol. The Morgan fingerprint density at radius 3 is 1.36 bits per heavy atom. The second-order valence-electron chi connectivity index (χ2n) is 3.57. The summed E-state index contributed by atoms with van der Waals surface area (Å²) in [6.45, 7) is 0. The first-order chi connectivity index (χ1) is 7.00. The summed E-state index contributed by atoms with van der Waals surface area (Å²) in [5.74, 6) is 0. The van der Waals surface area contributed by atoms with Gasteiger partial charge in [0.25, 0.3) is 0 Å². The van der Waals surface area contributed by atoms with Crippen LogP contribution in [0, 0.1) is 0 Å². The highest BCUT2D eigenvalue weighted by molar-refractivity contribution is 5.11. The van der Waals surface area contributed by atoms with Crippen LogP contribution in [-0.4, -0.2) is 0 Å². The molecule has 0 aromatic rings. The van der Waals surface area contributed by atoms with E-state index in [0.29, 0.717) is 0 Å². The highest BCUT2D eigenvalue weighted by atomic mass is 13.9. The fourth-order valence-electron chi connectivity index (χ4n) is 1.42. The molecule has 0 saturated carbocycles.